The van der Waals surface area contributed by atoms with E-state index in [4.69, 9.17) is 9.84 Å². The highest BCUT2D eigenvalue weighted by atomic mass is 16.5. The molecule has 0 heterocycles. The molecule has 34 heavy (non-hydrogen) atoms. The van der Waals surface area contributed by atoms with Gasteiger partial charge in [0.1, 0.15) is 12.6 Å². The molecule has 2 N–H and O–H groups in total. The maximum atomic E-state index is 13.3. The summed E-state index contributed by atoms with van der Waals surface area (Å²) in [4.78, 5) is 38.9. The topological polar surface area (TPSA) is 95.9 Å². The molecule has 0 radical (unpaired) electrons. The fourth-order valence-corrected chi connectivity index (χ4v) is 4.50. The third-order valence-corrected chi connectivity index (χ3v) is 6.10. The van der Waals surface area contributed by atoms with Crippen molar-refractivity contribution in [3.63, 3.8) is 0 Å². The van der Waals surface area contributed by atoms with Gasteiger partial charge >= 0.3 is 12.1 Å². The van der Waals surface area contributed by atoms with Crippen molar-refractivity contribution in [2.24, 2.45) is 0 Å². The lowest BCUT2D eigenvalue weighted by atomic mass is 9.98. The van der Waals surface area contributed by atoms with Gasteiger partial charge in [0, 0.05) is 24.4 Å². The van der Waals surface area contributed by atoms with Crippen LogP contribution in [0.4, 0.5) is 4.79 Å². The number of fused-ring (bicyclic) bond motifs is 3. The first-order valence-corrected chi connectivity index (χ1v) is 11.8. The zero-order chi connectivity index (χ0) is 24.9. The number of carboxylic acids is 1. The van der Waals surface area contributed by atoms with Gasteiger partial charge in [0.15, 0.2) is 0 Å². The van der Waals surface area contributed by atoms with Crippen LogP contribution in [0.5, 0.6) is 0 Å². The summed E-state index contributed by atoms with van der Waals surface area (Å²) in [5.74, 6) is -1.42. The highest BCUT2D eigenvalue weighted by molar-refractivity contribution is 5.87. The van der Waals surface area contributed by atoms with E-state index in [0.717, 1.165) is 28.7 Å². The third-order valence-electron chi connectivity index (χ3n) is 6.10. The van der Waals surface area contributed by atoms with Crippen LogP contribution in [0.15, 0.2) is 48.5 Å². The lowest BCUT2D eigenvalue weighted by Crippen LogP contribution is -2.55. The number of carboxylic acid groups (broad SMARTS) is 1. The van der Waals surface area contributed by atoms with Crippen LogP contribution in [-0.4, -0.2) is 52.7 Å². The minimum atomic E-state index is -1.02. The fourth-order valence-electron chi connectivity index (χ4n) is 4.50. The van der Waals surface area contributed by atoms with E-state index in [1.807, 2.05) is 64.1 Å². The molecule has 7 heteroatoms. The lowest BCUT2D eigenvalue weighted by Gasteiger charge is -2.38. The molecule has 2 aromatic carbocycles. The molecule has 1 aliphatic rings. The molecule has 2 amide bonds. The third kappa shape index (κ3) is 5.76. The Morgan fingerprint density at radius 1 is 1.03 bits per heavy atom. The molecule has 1 aliphatic carbocycles. The van der Waals surface area contributed by atoms with Crippen LogP contribution in [0.3, 0.4) is 0 Å². The number of amides is 2. The predicted octanol–water partition coefficient (Wildman–Crippen LogP) is 4.80. The molecule has 0 spiro atoms. The Morgan fingerprint density at radius 3 is 2.09 bits per heavy atom. The van der Waals surface area contributed by atoms with Gasteiger partial charge in [-0.05, 0) is 55.9 Å². The number of carbonyl (C=O) groups is 3. The highest BCUT2D eigenvalue weighted by Gasteiger charge is 2.33. The SMILES string of the molecule is CCCN(C(=O)C(CCC(=O)O)NC(=O)OCC1c2ccccc2-c2ccccc21)C(C)(C)C. The van der Waals surface area contributed by atoms with E-state index >= 15 is 0 Å². The molecular weight excluding hydrogens is 432 g/mol. The van der Waals surface area contributed by atoms with E-state index in [-0.39, 0.29) is 31.3 Å². The van der Waals surface area contributed by atoms with Crippen molar-refractivity contribution in [3.05, 3.63) is 59.7 Å². The van der Waals surface area contributed by atoms with Crippen molar-refractivity contribution in [3.8, 4) is 11.1 Å². The van der Waals surface area contributed by atoms with E-state index in [2.05, 4.69) is 17.4 Å². The summed E-state index contributed by atoms with van der Waals surface area (Å²) in [7, 11) is 0. The molecule has 3 rings (SSSR count). The predicted molar refractivity (Wildman–Crippen MR) is 131 cm³/mol. The van der Waals surface area contributed by atoms with Gasteiger partial charge in [0.25, 0.3) is 0 Å². The standard InChI is InChI=1S/C27H34N2O5/c1-5-16-29(27(2,3)4)25(32)23(14-15-24(30)31)28-26(33)34-17-22-20-12-8-6-10-18(20)19-11-7-9-13-21(19)22/h6-13,22-23H,5,14-17H2,1-4H3,(H,28,33)(H,30,31). The minimum Gasteiger partial charge on any atom is -0.481 e. The Hall–Kier alpha value is -3.35. The molecule has 1 atom stereocenters. The van der Waals surface area contributed by atoms with Gasteiger partial charge < -0.3 is 20.1 Å². The Kier molecular flexibility index (Phi) is 7.97. The Labute approximate surface area is 201 Å². The van der Waals surface area contributed by atoms with E-state index in [9.17, 15) is 14.4 Å². The molecule has 1 unspecified atom stereocenters. The first-order chi connectivity index (χ1) is 16.1. The zero-order valence-electron chi connectivity index (χ0n) is 20.3. The molecule has 0 saturated carbocycles. The smallest absolute Gasteiger partial charge is 0.407 e. The number of carbonyl (C=O) groups excluding carboxylic acids is 2. The number of rotatable bonds is 9. The van der Waals surface area contributed by atoms with E-state index in [1.54, 1.807) is 4.90 Å². The number of ether oxygens (including phenoxy) is 1. The Bertz CT molecular complexity index is 998. The van der Waals surface area contributed by atoms with Crippen LogP contribution in [0, 0.1) is 0 Å². The van der Waals surface area contributed by atoms with Gasteiger partial charge in [-0.2, -0.15) is 0 Å². The van der Waals surface area contributed by atoms with Gasteiger partial charge in [-0.3, -0.25) is 9.59 Å². The average molecular weight is 467 g/mol. The summed E-state index contributed by atoms with van der Waals surface area (Å²) in [6.45, 7) is 8.36. The van der Waals surface area contributed by atoms with Crippen LogP contribution in [0.1, 0.15) is 64.0 Å². The van der Waals surface area contributed by atoms with E-state index in [0.29, 0.717) is 6.54 Å². The monoisotopic (exact) mass is 466 g/mol. The second-order valence-corrected chi connectivity index (χ2v) is 9.62. The van der Waals surface area contributed by atoms with Crippen LogP contribution in [-0.2, 0) is 14.3 Å². The van der Waals surface area contributed by atoms with Crippen molar-refractivity contribution >= 4 is 18.0 Å². The summed E-state index contributed by atoms with van der Waals surface area (Å²) in [5.41, 5.74) is 3.98. The number of hydrogen-bond donors (Lipinski definition) is 2. The van der Waals surface area contributed by atoms with Gasteiger partial charge in [-0.15, -0.1) is 0 Å². The quantitative estimate of drug-likeness (QED) is 0.554. The number of nitrogens with one attached hydrogen (secondary N) is 1. The largest absolute Gasteiger partial charge is 0.481 e. The molecule has 7 nitrogen and oxygen atoms in total. The van der Waals surface area contributed by atoms with Crippen molar-refractivity contribution in [2.75, 3.05) is 13.2 Å². The van der Waals surface area contributed by atoms with Crippen LogP contribution in [0.2, 0.25) is 0 Å². The molecule has 0 aliphatic heterocycles. The van der Waals surface area contributed by atoms with Gasteiger partial charge in [0.05, 0.1) is 0 Å². The second kappa shape index (κ2) is 10.7. The summed E-state index contributed by atoms with van der Waals surface area (Å²) >= 11 is 0. The molecule has 0 bridgehead atoms. The molecule has 2 aromatic rings. The van der Waals surface area contributed by atoms with Gasteiger partial charge in [-0.25, -0.2) is 4.79 Å². The van der Waals surface area contributed by atoms with Crippen molar-refractivity contribution < 1.29 is 24.2 Å². The molecular formula is C27H34N2O5. The summed E-state index contributed by atoms with van der Waals surface area (Å²) in [6, 6.07) is 15.1. The first-order valence-electron chi connectivity index (χ1n) is 11.8. The lowest BCUT2D eigenvalue weighted by molar-refractivity contribution is -0.139. The van der Waals surface area contributed by atoms with Crippen molar-refractivity contribution in [1.29, 1.82) is 0 Å². The van der Waals surface area contributed by atoms with E-state index in [1.165, 1.54) is 0 Å². The van der Waals surface area contributed by atoms with Crippen molar-refractivity contribution in [2.45, 2.75) is 64.5 Å². The number of benzene rings is 2. The summed E-state index contributed by atoms with van der Waals surface area (Å²) < 4.78 is 5.58. The first kappa shape index (κ1) is 25.3. The Balaban J connectivity index is 1.72. The minimum absolute atomic E-state index is 0.00530. The second-order valence-electron chi connectivity index (χ2n) is 9.62. The number of nitrogens with zero attached hydrogens (tertiary/aromatic N) is 1. The van der Waals surface area contributed by atoms with Crippen LogP contribution in [0.25, 0.3) is 11.1 Å². The average Bonchev–Trinajstić information content (AvgIpc) is 3.11. The number of hydrogen-bond acceptors (Lipinski definition) is 4. The highest BCUT2D eigenvalue weighted by Crippen LogP contribution is 2.44. The van der Waals surface area contributed by atoms with Gasteiger partial charge in [0.2, 0.25) is 5.91 Å². The maximum absolute atomic E-state index is 13.3. The van der Waals surface area contributed by atoms with Crippen molar-refractivity contribution in [1.82, 2.24) is 10.2 Å². The molecule has 0 aromatic heterocycles. The summed E-state index contributed by atoms with van der Waals surface area (Å²) in [5, 5.41) is 11.8. The van der Waals surface area contributed by atoms with Gasteiger partial charge in [-0.1, -0.05) is 55.5 Å². The molecule has 182 valence electrons. The summed E-state index contributed by atoms with van der Waals surface area (Å²) in [6.07, 6.45) is -0.214. The number of aliphatic carboxylic acids is 1. The normalized spacial score (nSPS) is 13.5. The maximum Gasteiger partial charge on any atom is 0.407 e. The number of alkyl carbamates (subject to hydrolysis) is 1. The fraction of sp³-hybridized carbons (Fsp3) is 0.444. The van der Waals surface area contributed by atoms with E-state index < -0.39 is 23.6 Å². The Morgan fingerprint density at radius 2 is 1.59 bits per heavy atom. The van der Waals surface area contributed by atoms with Crippen LogP contribution >= 0.6 is 0 Å². The van der Waals surface area contributed by atoms with Crippen LogP contribution < -0.4 is 5.32 Å². The molecule has 0 saturated heterocycles. The molecule has 0 fully saturated rings. The zero-order valence-corrected chi connectivity index (χ0v) is 20.3.